The summed E-state index contributed by atoms with van der Waals surface area (Å²) in [5.41, 5.74) is 2.74. The third kappa shape index (κ3) is 3.38. The molecule has 0 radical (unpaired) electrons. The number of carboxylic acid groups (broad SMARTS) is 1. The summed E-state index contributed by atoms with van der Waals surface area (Å²) < 4.78 is 0. The van der Waals surface area contributed by atoms with E-state index in [2.05, 4.69) is 5.48 Å². The molecule has 0 saturated carbocycles. The van der Waals surface area contributed by atoms with Gasteiger partial charge in [0.1, 0.15) is 0 Å². The number of benzene rings is 2. The van der Waals surface area contributed by atoms with Crippen LogP contribution in [0.25, 0.3) is 10.8 Å². The van der Waals surface area contributed by atoms with Crippen LogP contribution in [0.1, 0.15) is 34.6 Å². The molecule has 0 aliphatic carbocycles. The SMILES string of the molecule is CC(C)CONC(=O)c1cccc2cccc(C(=O)O)c12. The van der Waals surface area contributed by atoms with Gasteiger partial charge in [0.2, 0.25) is 0 Å². The van der Waals surface area contributed by atoms with Crippen molar-refractivity contribution in [1.29, 1.82) is 0 Å². The van der Waals surface area contributed by atoms with Crippen molar-refractivity contribution in [2.75, 3.05) is 6.61 Å². The van der Waals surface area contributed by atoms with Crippen LogP contribution in [0, 0.1) is 5.92 Å². The van der Waals surface area contributed by atoms with Gasteiger partial charge in [-0.15, -0.1) is 0 Å². The van der Waals surface area contributed by atoms with Gasteiger partial charge < -0.3 is 5.11 Å². The van der Waals surface area contributed by atoms with Gasteiger partial charge in [-0.05, 0) is 23.4 Å². The normalized spacial score (nSPS) is 10.8. The van der Waals surface area contributed by atoms with E-state index in [4.69, 9.17) is 4.84 Å². The first-order valence-electron chi connectivity index (χ1n) is 6.68. The molecule has 0 aliphatic heterocycles. The molecule has 0 spiro atoms. The topological polar surface area (TPSA) is 75.6 Å². The summed E-state index contributed by atoms with van der Waals surface area (Å²) >= 11 is 0. The monoisotopic (exact) mass is 287 g/mol. The number of amides is 1. The molecule has 0 aliphatic rings. The number of hydroxylamine groups is 1. The summed E-state index contributed by atoms with van der Waals surface area (Å²) in [6.07, 6.45) is 0. The second-order valence-corrected chi connectivity index (χ2v) is 5.15. The molecule has 0 atom stereocenters. The third-order valence-corrected chi connectivity index (χ3v) is 2.96. The van der Waals surface area contributed by atoms with E-state index in [1.54, 1.807) is 30.3 Å². The molecule has 5 nitrogen and oxygen atoms in total. The number of hydrogen-bond donors (Lipinski definition) is 2. The maximum atomic E-state index is 12.2. The standard InChI is InChI=1S/C16H17NO4/c1-10(2)9-21-17-15(18)12-7-3-5-11-6-4-8-13(14(11)12)16(19)20/h3-8,10H,9H2,1-2H3,(H,17,18)(H,19,20). The van der Waals surface area contributed by atoms with Crippen molar-refractivity contribution in [3.8, 4) is 0 Å². The van der Waals surface area contributed by atoms with Crippen LogP contribution >= 0.6 is 0 Å². The smallest absolute Gasteiger partial charge is 0.336 e. The number of rotatable bonds is 5. The molecular formula is C16H17NO4. The number of carbonyl (C=O) groups excluding carboxylic acids is 1. The van der Waals surface area contributed by atoms with Crippen molar-refractivity contribution in [1.82, 2.24) is 5.48 Å². The molecule has 2 aromatic carbocycles. The summed E-state index contributed by atoms with van der Waals surface area (Å²) in [4.78, 5) is 28.6. The van der Waals surface area contributed by atoms with Crippen LogP contribution in [0.3, 0.4) is 0 Å². The van der Waals surface area contributed by atoms with E-state index in [9.17, 15) is 14.7 Å². The summed E-state index contributed by atoms with van der Waals surface area (Å²) in [6.45, 7) is 4.32. The minimum Gasteiger partial charge on any atom is -0.478 e. The Kier molecular flexibility index (Phi) is 4.55. The zero-order valence-electron chi connectivity index (χ0n) is 11.9. The predicted molar refractivity (Wildman–Crippen MR) is 79.2 cm³/mol. The maximum absolute atomic E-state index is 12.2. The molecule has 21 heavy (non-hydrogen) atoms. The van der Waals surface area contributed by atoms with E-state index in [0.29, 0.717) is 17.4 Å². The van der Waals surface area contributed by atoms with Gasteiger partial charge in [0.25, 0.3) is 5.91 Å². The Morgan fingerprint density at radius 3 is 2.33 bits per heavy atom. The number of hydrogen-bond acceptors (Lipinski definition) is 3. The van der Waals surface area contributed by atoms with Gasteiger partial charge in [-0.1, -0.05) is 38.1 Å². The molecular weight excluding hydrogens is 270 g/mol. The quantitative estimate of drug-likeness (QED) is 0.829. The van der Waals surface area contributed by atoms with Crippen LogP contribution in [0.2, 0.25) is 0 Å². The van der Waals surface area contributed by atoms with Gasteiger partial charge in [-0.25, -0.2) is 10.3 Å². The lowest BCUT2D eigenvalue weighted by molar-refractivity contribution is 0.0210. The van der Waals surface area contributed by atoms with Gasteiger partial charge in [0.05, 0.1) is 17.7 Å². The van der Waals surface area contributed by atoms with Gasteiger partial charge in [0.15, 0.2) is 0 Å². The summed E-state index contributed by atoms with van der Waals surface area (Å²) in [6, 6.07) is 9.98. The largest absolute Gasteiger partial charge is 0.478 e. The van der Waals surface area contributed by atoms with Crippen LogP contribution in [0.5, 0.6) is 0 Å². The first-order valence-corrected chi connectivity index (χ1v) is 6.68. The highest BCUT2D eigenvalue weighted by atomic mass is 16.6. The highest BCUT2D eigenvalue weighted by Gasteiger charge is 2.16. The van der Waals surface area contributed by atoms with Crippen molar-refractivity contribution < 1.29 is 19.5 Å². The van der Waals surface area contributed by atoms with E-state index in [-0.39, 0.29) is 17.0 Å². The Hall–Kier alpha value is -2.40. The summed E-state index contributed by atoms with van der Waals surface area (Å²) in [5.74, 6) is -1.23. The zero-order chi connectivity index (χ0) is 15.4. The van der Waals surface area contributed by atoms with E-state index >= 15 is 0 Å². The number of fused-ring (bicyclic) bond motifs is 1. The number of nitrogens with one attached hydrogen (secondary N) is 1. The van der Waals surface area contributed by atoms with E-state index in [1.807, 2.05) is 13.8 Å². The lowest BCUT2D eigenvalue weighted by Gasteiger charge is -2.11. The first-order chi connectivity index (χ1) is 10.0. The lowest BCUT2D eigenvalue weighted by Crippen LogP contribution is -2.26. The fraction of sp³-hybridized carbons (Fsp3) is 0.250. The molecule has 5 heteroatoms. The molecule has 1 amide bonds. The summed E-state index contributed by atoms with van der Waals surface area (Å²) in [7, 11) is 0. The highest BCUT2D eigenvalue weighted by molar-refractivity contribution is 6.14. The summed E-state index contributed by atoms with van der Waals surface area (Å²) in [5, 5.41) is 10.4. The second kappa shape index (κ2) is 6.37. The Balaban J connectivity index is 2.39. The Labute approximate surface area is 122 Å². The van der Waals surface area contributed by atoms with Crippen LogP contribution in [0.4, 0.5) is 0 Å². The van der Waals surface area contributed by atoms with E-state index in [0.717, 1.165) is 0 Å². The molecule has 2 aromatic rings. The van der Waals surface area contributed by atoms with Gasteiger partial charge in [0, 0.05) is 5.39 Å². The molecule has 0 aromatic heterocycles. The lowest BCUT2D eigenvalue weighted by atomic mass is 9.99. The maximum Gasteiger partial charge on any atom is 0.336 e. The molecule has 0 fully saturated rings. The first kappa shape index (κ1) is 15.0. The van der Waals surface area contributed by atoms with Gasteiger partial charge in [-0.3, -0.25) is 9.63 Å². The van der Waals surface area contributed by atoms with Crippen LogP contribution in [-0.4, -0.2) is 23.6 Å². The minimum atomic E-state index is -1.07. The molecule has 0 saturated heterocycles. The van der Waals surface area contributed by atoms with Gasteiger partial charge in [-0.2, -0.15) is 0 Å². The fourth-order valence-electron chi connectivity index (χ4n) is 2.04. The van der Waals surface area contributed by atoms with Crippen molar-refractivity contribution in [2.24, 2.45) is 5.92 Å². The Morgan fingerprint density at radius 1 is 1.14 bits per heavy atom. The molecule has 2 rings (SSSR count). The fourth-order valence-corrected chi connectivity index (χ4v) is 2.04. The van der Waals surface area contributed by atoms with Crippen LogP contribution < -0.4 is 5.48 Å². The van der Waals surface area contributed by atoms with Crippen molar-refractivity contribution in [2.45, 2.75) is 13.8 Å². The molecule has 110 valence electrons. The van der Waals surface area contributed by atoms with Gasteiger partial charge >= 0.3 is 5.97 Å². The molecule has 0 heterocycles. The van der Waals surface area contributed by atoms with E-state index < -0.39 is 11.9 Å². The Morgan fingerprint density at radius 2 is 1.76 bits per heavy atom. The number of carbonyl (C=O) groups is 2. The van der Waals surface area contributed by atoms with Crippen LogP contribution in [-0.2, 0) is 4.84 Å². The van der Waals surface area contributed by atoms with Crippen molar-refractivity contribution in [3.05, 3.63) is 47.5 Å². The average molecular weight is 287 g/mol. The minimum absolute atomic E-state index is 0.0992. The van der Waals surface area contributed by atoms with Crippen molar-refractivity contribution >= 4 is 22.6 Å². The molecule has 0 bridgehead atoms. The Bertz CT molecular complexity index is 674. The molecule has 0 unspecified atom stereocenters. The highest BCUT2D eigenvalue weighted by Crippen LogP contribution is 2.23. The number of aromatic carboxylic acids is 1. The average Bonchev–Trinajstić information content (AvgIpc) is 2.45. The molecule has 2 N–H and O–H groups in total. The van der Waals surface area contributed by atoms with E-state index in [1.165, 1.54) is 6.07 Å². The predicted octanol–water partition coefficient (Wildman–Crippen LogP) is 2.86. The zero-order valence-corrected chi connectivity index (χ0v) is 11.9. The van der Waals surface area contributed by atoms with Crippen molar-refractivity contribution in [3.63, 3.8) is 0 Å². The second-order valence-electron chi connectivity index (χ2n) is 5.15. The van der Waals surface area contributed by atoms with Crippen LogP contribution in [0.15, 0.2) is 36.4 Å². The number of carboxylic acids is 1. The third-order valence-electron chi connectivity index (χ3n) is 2.96.